The smallest absolute Gasteiger partial charge is 0.269 e. The van der Waals surface area contributed by atoms with Crippen molar-refractivity contribution in [1.29, 1.82) is 0 Å². The van der Waals surface area contributed by atoms with E-state index in [1.807, 2.05) is 42.5 Å². The number of para-hydroxylation sites is 2. The average molecular weight is 389 g/mol. The number of nitrogens with one attached hydrogen (secondary N) is 3. The van der Waals surface area contributed by atoms with Gasteiger partial charge in [0.15, 0.2) is 0 Å². The van der Waals surface area contributed by atoms with Crippen LogP contribution in [0.4, 0.5) is 11.6 Å². The summed E-state index contributed by atoms with van der Waals surface area (Å²) in [5, 5.41) is 5.76. The Balaban J connectivity index is 1.56. The number of amides is 1. The predicted molar refractivity (Wildman–Crippen MR) is 110 cm³/mol. The number of rotatable bonds is 6. The molecule has 0 aliphatic rings. The summed E-state index contributed by atoms with van der Waals surface area (Å²) in [6.45, 7) is 0. The number of H-pyrrole nitrogens is 1. The highest BCUT2D eigenvalue weighted by Crippen LogP contribution is 2.29. The van der Waals surface area contributed by atoms with E-state index < -0.39 is 0 Å². The molecule has 1 amide bonds. The second-order valence-electron chi connectivity index (χ2n) is 6.15. The molecule has 0 spiro atoms. The van der Waals surface area contributed by atoms with E-state index in [-0.39, 0.29) is 11.6 Å². The predicted octanol–water partition coefficient (Wildman–Crippen LogP) is 3.86. The van der Waals surface area contributed by atoms with Crippen LogP contribution in [0.3, 0.4) is 0 Å². The summed E-state index contributed by atoms with van der Waals surface area (Å²) < 4.78 is 11.2. The van der Waals surface area contributed by atoms with Gasteiger partial charge in [0.05, 0.1) is 23.8 Å². The highest BCUT2D eigenvalue weighted by molar-refractivity contribution is 5.92. The van der Waals surface area contributed by atoms with E-state index in [4.69, 9.17) is 9.47 Å². The normalized spacial score (nSPS) is 10.6. The van der Waals surface area contributed by atoms with E-state index >= 15 is 0 Å². The fourth-order valence-electron chi connectivity index (χ4n) is 2.85. The first-order valence-electron chi connectivity index (χ1n) is 8.92. The molecule has 0 bridgehead atoms. The van der Waals surface area contributed by atoms with Crippen molar-refractivity contribution in [2.45, 2.75) is 0 Å². The van der Waals surface area contributed by atoms with Gasteiger partial charge in [-0.3, -0.25) is 9.78 Å². The summed E-state index contributed by atoms with van der Waals surface area (Å²) in [6.07, 6.45) is 1.53. The highest BCUT2D eigenvalue weighted by atomic mass is 16.5. The molecule has 2 heterocycles. The lowest BCUT2D eigenvalue weighted by Crippen LogP contribution is -2.18. The Hall–Kier alpha value is -4.07. The van der Waals surface area contributed by atoms with Crippen LogP contribution in [0.1, 0.15) is 10.5 Å². The molecule has 4 aromatic rings. The number of ether oxygens (including phenoxy) is 2. The quantitative estimate of drug-likeness (QED) is 0.463. The van der Waals surface area contributed by atoms with Crippen LogP contribution in [0.25, 0.3) is 11.0 Å². The fraction of sp³-hybridized carbons (Fsp3) is 0.0952. The summed E-state index contributed by atoms with van der Waals surface area (Å²) in [7, 11) is 3.18. The number of carbonyl (C=O) groups is 1. The average Bonchev–Trinajstić information content (AvgIpc) is 3.15. The van der Waals surface area contributed by atoms with Gasteiger partial charge >= 0.3 is 0 Å². The van der Waals surface area contributed by atoms with Crippen LogP contribution in [0, 0.1) is 0 Å². The number of aromatic amines is 1. The number of nitrogens with zero attached hydrogens (tertiary/aromatic N) is 2. The Morgan fingerprint density at radius 3 is 2.72 bits per heavy atom. The van der Waals surface area contributed by atoms with Gasteiger partial charge in [-0.25, -0.2) is 4.98 Å². The minimum Gasteiger partial charge on any atom is -0.495 e. The molecular formula is C21H19N5O3. The van der Waals surface area contributed by atoms with Gasteiger partial charge in [-0.05, 0) is 30.3 Å². The van der Waals surface area contributed by atoms with E-state index in [0.29, 0.717) is 17.4 Å². The number of anilines is 2. The summed E-state index contributed by atoms with van der Waals surface area (Å²) in [5.74, 6) is 2.15. The lowest BCUT2D eigenvalue weighted by molar-refractivity contribution is 0.0958. The second kappa shape index (κ2) is 7.89. The maximum absolute atomic E-state index is 11.7. The number of aromatic nitrogens is 3. The molecule has 146 valence electrons. The molecule has 2 aromatic heterocycles. The summed E-state index contributed by atoms with van der Waals surface area (Å²) in [6, 6.07) is 16.4. The van der Waals surface area contributed by atoms with Gasteiger partial charge in [0.25, 0.3) is 5.91 Å². The number of carbonyl (C=O) groups excluding carboxylic acids is 1. The van der Waals surface area contributed by atoms with Crippen molar-refractivity contribution in [3.8, 4) is 17.2 Å². The molecule has 0 aliphatic heterocycles. The summed E-state index contributed by atoms with van der Waals surface area (Å²) in [4.78, 5) is 23.6. The molecule has 29 heavy (non-hydrogen) atoms. The van der Waals surface area contributed by atoms with Crippen LogP contribution in [0.5, 0.6) is 17.2 Å². The van der Waals surface area contributed by atoms with Crippen molar-refractivity contribution in [3.63, 3.8) is 0 Å². The van der Waals surface area contributed by atoms with Crippen molar-refractivity contribution in [3.05, 3.63) is 66.5 Å². The molecule has 0 radical (unpaired) electrons. The largest absolute Gasteiger partial charge is 0.495 e. The third-order valence-corrected chi connectivity index (χ3v) is 4.24. The number of pyridine rings is 1. The van der Waals surface area contributed by atoms with E-state index in [9.17, 15) is 4.79 Å². The molecular weight excluding hydrogens is 370 g/mol. The molecule has 2 aromatic carbocycles. The molecule has 0 unspecified atom stereocenters. The maximum atomic E-state index is 11.7. The standard InChI is InChI=1S/C21H19N5O3/c1-22-20(27)18-12-14(9-10-23-18)29-13-7-8-15-17(11-13)26-21(24-15)25-16-5-3-4-6-19(16)28-2/h3-12H,1-2H3,(H,22,27)(H2,24,25,26). The molecule has 0 aliphatic carbocycles. The molecule has 0 fully saturated rings. The molecule has 4 rings (SSSR count). The highest BCUT2D eigenvalue weighted by Gasteiger charge is 2.10. The number of methoxy groups -OCH3 is 1. The number of fused-ring (bicyclic) bond motifs is 1. The Morgan fingerprint density at radius 2 is 1.90 bits per heavy atom. The van der Waals surface area contributed by atoms with Crippen LogP contribution in [-0.4, -0.2) is 35.0 Å². The molecule has 0 atom stereocenters. The van der Waals surface area contributed by atoms with Crippen molar-refractivity contribution in [1.82, 2.24) is 20.3 Å². The third-order valence-electron chi connectivity index (χ3n) is 4.24. The molecule has 8 nitrogen and oxygen atoms in total. The van der Waals surface area contributed by atoms with E-state index in [0.717, 1.165) is 22.5 Å². The van der Waals surface area contributed by atoms with Crippen LogP contribution in [0.2, 0.25) is 0 Å². The minimum absolute atomic E-state index is 0.273. The SMILES string of the molecule is CNC(=O)c1cc(Oc2ccc3[nH]c(Nc4ccccc4OC)nc3c2)ccn1. The fourth-order valence-corrected chi connectivity index (χ4v) is 2.85. The summed E-state index contributed by atoms with van der Waals surface area (Å²) in [5.41, 5.74) is 2.69. The van der Waals surface area contributed by atoms with Gasteiger partial charge in [-0.2, -0.15) is 0 Å². The third kappa shape index (κ3) is 3.96. The Kier molecular flexibility index (Phi) is 4.98. The molecule has 8 heteroatoms. The van der Waals surface area contributed by atoms with Crippen molar-refractivity contribution >= 4 is 28.6 Å². The van der Waals surface area contributed by atoms with Crippen LogP contribution < -0.4 is 20.1 Å². The first-order valence-corrected chi connectivity index (χ1v) is 8.92. The van der Waals surface area contributed by atoms with Gasteiger partial charge in [-0.15, -0.1) is 0 Å². The summed E-state index contributed by atoms with van der Waals surface area (Å²) >= 11 is 0. The van der Waals surface area contributed by atoms with Crippen LogP contribution >= 0.6 is 0 Å². The molecule has 0 saturated heterocycles. The van der Waals surface area contributed by atoms with Crippen LogP contribution in [0.15, 0.2) is 60.8 Å². The van der Waals surface area contributed by atoms with Gasteiger partial charge in [-0.1, -0.05) is 12.1 Å². The lowest BCUT2D eigenvalue weighted by atomic mass is 10.3. The zero-order valence-electron chi connectivity index (χ0n) is 15.9. The first-order chi connectivity index (χ1) is 14.2. The zero-order valence-corrected chi connectivity index (χ0v) is 15.9. The van der Waals surface area contributed by atoms with Crippen molar-refractivity contribution < 1.29 is 14.3 Å². The van der Waals surface area contributed by atoms with E-state index in [1.165, 1.54) is 6.20 Å². The first kappa shape index (κ1) is 18.3. The van der Waals surface area contributed by atoms with E-state index in [1.54, 1.807) is 26.3 Å². The Labute approximate surface area is 166 Å². The minimum atomic E-state index is -0.273. The number of hydrogen-bond donors (Lipinski definition) is 3. The van der Waals surface area contributed by atoms with Gasteiger partial charge < -0.3 is 25.1 Å². The number of benzene rings is 2. The zero-order chi connectivity index (χ0) is 20.2. The number of hydrogen-bond acceptors (Lipinski definition) is 6. The van der Waals surface area contributed by atoms with Crippen LogP contribution in [-0.2, 0) is 0 Å². The molecule has 0 saturated carbocycles. The van der Waals surface area contributed by atoms with Crippen molar-refractivity contribution in [2.24, 2.45) is 0 Å². The number of imidazole rings is 1. The van der Waals surface area contributed by atoms with E-state index in [2.05, 4.69) is 25.6 Å². The van der Waals surface area contributed by atoms with Gasteiger partial charge in [0, 0.05) is 25.4 Å². The Bertz CT molecular complexity index is 1170. The second-order valence-corrected chi connectivity index (χ2v) is 6.15. The lowest BCUT2D eigenvalue weighted by Gasteiger charge is -2.07. The van der Waals surface area contributed by atoms with Gasteiger partial charge in [0.1, 0.15) is 22.9 Å². The van der Waals surface area contributed by atoms with Crippen molar-refractivity contribution in [2.75, 3.05) is 19.5 Å². The Morgan fingerprint density at radius 1 is 1.07 bits per heavy atom. The maximum Gasteiger partial charge on any atom is 0.269 e. The van der Waals surface area contributed by atoms with Gasteiger partial charge in [0.2, 0.25) is 5.95 Å². The molecule has 3 N–H and O–H groups in total. The topological polar surface area (TPSA) is 101 Å². The monoisotopic (exact) mass is 389 g/mol.